The van der Waals surface area contributed by atoms with Crippen LogP contribution in [0.1, 0.15) is 33.6 Å². The fourth-order valence-corrected chi connectivity index (χ4v) is 4.92. The highest BCUT2D eigenvalue weighted by Crippen LogP contribution is 2.39. The molecule has 3 heteroatoms. The van der Waals surface area contributed by atoms with Crippen LogP contribution >= 0.6 is 11.8 Å². The molecule has 0 aromatic rings. The molecule has 2 fully saturated rings. The molecule has 0 radical (unpaired) electrons. The summed E-state index contributed by atoms with van der Waals surface area (Å²) in [6, 6.07) is 0.707. The summed E-state index contributed by atoms with van der Waals surface area (Å²) in [6.45, 7) is 9.28. The minimum Gasteiger partial charge on any atom is -0.329 e. The zero-order valence-electron chi connectivity index (χ0n) is 10.9. The highest BCUT2D eigenvalue weighted by Gasteiger charge is 2.44. The second-order valence-corrected chi connectivity index (χ2v) is 7.05. The van der Waals surface area contributed by atoms with E-state index in [1.165, 1.54) is 30.9 Å². The summed E-state index contributed by atoms with van der Waals surface area (Å²) < 4.78 is 0. The number of hydrogen-bond donors (Lipinski definition) is 1. The van der Waals surface area contributed by atoms with Gasteiger partial charge >= 0.3 is 0 Å². The maximum absolute atomic E-state index is 6.10. The van der Waals surface area contributed by atoms with Crippen LogP contribution in [-0.2, 0) is 0 Å². The number of nitrogens with zero attached hydrogens (tertiary/aromatic N) is 1. The van der Waals surface area contributed by atoms with Gasteiger partial charge < -0.3 is 5.73 Å². The highest BCUT2D eigenvalue weighted by atomic mass is 32.2. The van der Waals surface area contributed by atoms with Crippen LogP contribution < -0.4 is 5.73 Å². The van der Waals surface area contributed by atoms with Gasteiger partial charge in [0.05, 0.1) is 0 Å². The molecule has 4 unspecified atom stereocenters. The van der Waals surface area contributed by atoms with Crippen LogP contribution in [0.3, 0.4) is 0 Å². The summed E-state index contributed by atoms with van der Waals surface area (Å²) >= 11 is 2.08. The minimum absolute atomic E-state index is 0.313. The molecule has 0 saturated carbocycles. The topological polar surface area (TPSA) is 29.3 Å². The van der Waals surface area contributed by atoms with E-state index < -0.39 is 0 Å². The smallest absolute Gasteiger partial charge is 0.0432 e. The second-order valence-electron chi connectivity index (χ2n) is 5.94. The van der Waals surface area contributed by atoms with Crippen molar-refractivity contribution < 1.29 is 0 Å². The Kier molecular flexibility index (Phi) is 3.87. The van der Waals surface area contributed by atoms with Gasteiger partial charge in [0.25, 0.3) is 0 Å². The molecule has 2 heterocycles. The van der Waals surface area contributed by atoms with Gasteiger partial charge in [-0.05, 0) is 37.4 Å². The van der Waals surface area contributed by atoms with Gasteiger partial charge in [-0.15, -0.1) is 0 Å². The van der Waals surface area contributed by atoms with Crippen molar-refractivity contribution >= 4 is 11.8 Å². The van der Waals surface area contributed by atoms with Crippen LogP contribution in [0.25, 0.3) is 0 Å². The number of rotatable bonds is 2. The third kappa shape index (κ3) is 2.14. The van der Waals surface area contributed by atoms with Crippen molar-refractivity contribution in [2.24, 2.45) is 17.6 Å². The van der Waals surface area contributed by atoms with Gasteiger partial charge in [0.15, 0.2) is 0 Å². The lowest BCUT2D eigenvalue weighted by Gasteiger charge is -2.50. The molecule has 0 amide bonds. The number of piperidine rings is 1. The normalized spacial score (nSPS) is 46.1. The standard InChI is InChI=1S/C13H26N2S/c1-10-6-11(2)12(3)15(7-10)13(8-14)4-5-16-9-13/h10-12H,4-9,14H2,1-3H3. The fourth-order valence-electron chi connectivity index (χ4n) is 3.44. The molecule has 2 saturated heterocycles. The van der Waals surface area contributed by atoms with Crippen molar-refractivity contribution in [2.75, 3.05) is 24.6 Å². The SMILES string of the molecule is CC1CC(C)C(C)N(C2(CN)CCSC2)C1. The summed E-state index contributed by atoms with van der Waals surface area (Å²) in [4.78, 5) is 2.74. The van der Waals surface area contributed by atoms with Crippen molar-refractivity contribution in [3.63, 3.8) is 0 Å². The number of thioether (sulfide) groups is 1. The molecule has 0 bridgehead atoms. The predicted molar refractivity (Wildman–Crippen MR) is 72.8 cm³/mol. The molecular formula is C13H26N2S. The predicted octanol–water partition coefficient (Wildman–Crippen LogP) is 2.19. The second kappa shape index (κ2) is 4.87. The van der Waals surface area contributed by atoms with Crippen molar-refractivity contribution in [3.05, 3.63) is 0 Å². The Morgan fingerprint density at radius 3 is 2.69 bits per heavy atom. The monoisotopic (exact) mass is 242 g/mol. The van der Waals surface area contributed by atoms with E-state index in [0.717, 1.165) is 18.4 Å². The molecule has 94 valence electrons. The Bertz CT molecular complexity index is 238. The van der Waals surface area contributed by atoms with E-state index in [4.69, 9.17) is 5.73 Å². The quantitative estimate of drug-likeness (QED) is 0.805. The third-order valence-corrected chi connectivity index (χ3v) is 5.90. The summed E-state index contributed by atoms with van der Waals surface area (Å²) in [5.41, 5.74) is 6.41. The van der Waals surface area contributed by atoms with Gasteiger partial charge in [0.1, 0.15) is 0 Å². The maximum atomic E-state index is 6.10. The molecule has 2 nitrogen and oxygen atoms in total. The molecule has 0 aromatic carbocycles. The summed E-state index contributed by atoms with van der Waals surface area (Å²) in [5, 5.41) is 0. The van der Waals surface area contributed by atoms with Crippen molar-refractivity contribution in [2.45, 2.75) is 45.2 Å². The van der Waals surface area contributed by atoms with E-state index >= 15 is 0 Å². The first kappa shape index (κ1) is 12.7. The molecule has 16 heavy (non-hydrogen) atoms. The lowest BCUT2D eigenvalue weighted by atomic mass is 9.81. The average Bonchev–Trinajstić information content (AvgIpc) is 2.73. The van der Waals surface area contributed by atoms with Crippen LogP contribution in [0.4, 0.5) is 0 Å². The zero-order valence-corrected chi connectivity index (χ0v) is 11.7. The number of nitrogens with two attached hydrogens (primary N) is 1. The van der Waals surface area contributed by atoms with E-state index in [9.17, 15) is 0 Å². The van der Waals surface area contributed by atoms with Gasteiger partial charge in [-0.25, -0.2) is 0 Å². The minimum atomic E-state index is 0.313. The van der Waals surface area contributed by atoms with Gasteiger partial charge in [-0.1, -0.05) is 13.8 Å². The van der Waals surface area contributed by atoms with Gasteiger partial charge in [-0.2, -0.15) is 11.8 Å². The molecule has 2 N–H and O–H groups in total. The van der Waals surface area contributed by atoms with Crippen molar-refractivity contribution in [1.29, 1.82) is 0 Å². The van der Waals surface area contributed by atoms with Crippen LogP contribution in [0.15, 0.2) is 0 Å². The lowest BCUT2D eigenvalue weighted by Crippen LogP contribution is -2.61. The van der Waals surface area contributed by atoms with Crippen molar-refractivity contribution in [1.82, 2.24) is 4.90 Å². The van der Waals surface area contributed by atoms with Crippen LogP contribution in [0, 0.1) is 11.8 Å². The first-order valence-electron chi connectivity index (χ1n) is 6.63. The number of hydrogen-bond acceptors (Lipinski definition) is 3. The molecule has 0 aliphatic carbocycles. The van der Waals surface area contributed by atoms with E-state index in [1.54, 1.807) is 0 Å². The Labute approximate surface area is 104 Å². The average molecular weight is 242 g/mol. The van der Waals surface area contributed by atoms with E-state index in [2.05, 4.69) is 37.4 Å². The first-order valence-corrected chi connectivity index (χ1v) is 7.79. The fraction of sp³-hybridized carbons (Fsp3) is 1.00. The summed E-state index contributed by atoms with van der Waals surface area (Å²) in [6.07, 6.45) is 2.67. The Morgan fingerprint density at radius 1 is 1.38 bits per heavy atom. The molecule has 4 atom stereocenters. The molecule has 2 rings (SSSR count). The molecule has 2 aliphatic rings. The molecule has 0 spiro atoms. The van der Waals surface area contributed by atoms with Crippen LogP contribution in [-0.4, -0.2) is 41.1 Å². The Morgan fingerprint density at radius 2 is 2.12 bits per heavy atom. The van der Waals surface area contributed by atoms with E-state index in [-0.39, 0.29) is 0 Å². The van der Waals surface area contributed by atoms with E-state index in [0.29, 0.717) is 11.6 Å². The Balaban J connectivity index is 2.16. The number of likely N-dealkylation sites (tertiary alicyclic amines) is 1. The first-order chi connectivity index (χ1) is 7.59. The van der Waals surface area contributed by atoms with Crippen molar-refractivity contribution in [3.8, 4) is 0 Å². The van der Waals surface area contributed by atoms with E-state index in [1.807, 2.05) is 0 Å². The molecule has 0 aromatic heterocycles. The maximum Gasteiger partial charge on any atom is 0.0432 e. The zero-order chi connectivity index (χ0) is 11.8. The Hall–Kier alpha value is 0.270. The van der Waals surface area contributed by atoms with Crippen LogP contribution in [0.5, 0.6) is 0 Å². The highest BCUT2D eigenvalue weighted by molar-refractivity contribution is 7.99. The van der Waals surface area contributed by atoms with Gasteiger partial charge in [-0.3, -0.25) is 4.90 Å². The van der Waals surface area contributed by atoms with Crippen LogP contribution in [0.2, 0.25) is 0 Å². The lowest BCUT2D eigenvalue weighted by molar-refractivity contribution is -0.00309. The summed E-state index contributed by atoms with van der Waals surface area (Å²) in [7, 11) is 0. The molecular weight excluding hydrogens is 216 g/mol. The third-order valence-electron chi connectivity index (χ3n) is 4.67. The summed E-state index contributed by atoms with van der Waals surface area (Å²) in [5.74, 6) is 4.19. The van der Waals surface area contributed by atoms with Gasteiger partial charge in [0, 0.05) is 30.4 Å². The molecule has 2 aliphatic heterocycles. The largest absolute Gasteiger partial charge is 0.329 e. The van der Waals surface area contributed by atoms with Gasteiger partial charge in [0.2, 0.25) is 0 Å².